The molecule has 0 spiro atoms. The van der Waals surface area contributed by atoms with Crippen LogP contribution in [0.25, 0.3) is 0 Å². The summed E-state index contributed by atoms with van der Waals surface area (Å²) < 4.78 is 6.42. The molecule has 1 aromatic rings. The number of hydrogen-bond donors (Lipinski definition) is 1. The van der Waals surface area contributed by atoms with Gasteiger partial charge in [-0.2, -0.15) is 0 Å². The molecule has 2 nitrogen and oxygen atoms in total. The van der Waals surface area contributed by atoms with Crippen LogP contribution in [0.3, 0.4) is 0 Å². The highest BCUT2D eigenvalue weighted by atomic mass is 79.9. The molecule has 0 heterocycles. The fourth-order valence-corrected chi connectivity index (χ4v) is 2.11. The molecular formula is C13H20BrNO. The maximum absolute atomic E-state index is 5.33. The minimum absolute atomic E-state index is 0.550. The van der Waals surface area contributed by atoms with Crippen LogP contribution in [0.5, 0.6) is 5.75 Å². The van der Waals surface area contributed by atoms with Gasteiger partial charge in [-0.05, 0) is 31.5 Å². The molecule has 0 saturated carbocycles. The van der Waals surface area contributed by atoms with Gasteiger partial charge in [0.2, 0.25) is 0 Å². The molecule has 0 aliphatic carbocycles. The van der Waals surface area contributed by atoms with Gasteiger partial charge in [0.05, 0.1) is 7.11 Å². The molecule has 0 fully saturated rings. The third-order valence-corrected chi connectivity index (χ3v) is 3.10. The van der Waals surface area contributed by atoms with E-state index in [1.165, 1.54) is 18.4 Å². The number of nitrogens with one attached hydrogen (secondary N) is 1. The first-order valence-electron chi connectivity index (χ1n) is 5.73. The summed E-state index contributed by atoms with van der Waals surface area (Å²) in [6, 6.07) is 6.64. The first-order chi connectivity index (χ1) is 7.67. The van der Waals surface area contributed by atoms with Crippen molar-refractivity contribution in [3.63, 3.8) is 0 Å². The summed E-state index contributed by atoms with van der Waals surface area (Å²) in [6.45, 7) is 5.27. The Bertz CT molecular complexity index is 328. The van der Waals surface area contributed by atoms with E-state index in [-0.39, 0.29) is 0 Å². The van der Waals surface area contributed by atoms with E-state index in [4.69, 9.17) is 4.74 Å². The number of ether oxygens (including phenoxy) is 1. The number of hydrogen-bond acceptors (Lipinski definition) is 2. The molecule has 3 heteroatoms. The number of halogens is 1. The molecule has 0 aliphatic rings. The Hall–Kier alpha value is -0.540. The van der Waals surface area contributed by atoms with Crippen molar-refractivity contribution in [2.75, 3.05) is 7.11 Å². The zero-order chi connectivity index (χ0) is 12.0. The Kier molecular flexibility index (Phi) is 5.85. The van der Waals surface area contributed by atoms with E-state index >= 15 is 0 Å². The van der Waals surface area contributed by atoms with Gasteiger partial charge in [0.25, 0.3) is 0 Å². The molecule has 90 valence electrons. The van der Waals surface area contributed by atoms with Gasteiger partial charge in [-0.25, -0.2) is 0 Å². The topological polar surface area (TPSA) is 21.3 Å². The Morgan fingerprint density at radius 1 is 1.44 bits per heavy atom. The minimum Gasteiger partial charge on any atom is -0.496 e. The Morgan fingerprint density at radius 2 is 2.19 bits per heavy atom. The fraction of sp³-hybridized carbons (Fsp3) is 0.538. The van der Waals surface area contributed by atoms with E-state index in [1.807, 2.05) is 12.1 Å². The summed E-state index contributed by atoms with van der Waals surface area (Å²) in [5.41, 5.74) is 1.19. The van der Waals surface area contributed by atoms with Gasteiger partial charge in [0.15, 0.2) is 0 Å². The second kappa shape index (κ2) is 6.92. The van der Waals surface area contributed by atoms with E-state index in [0.29, 0.717) is 6.04 Å². The van der Waals surface area contributed by atoms with Crippen LogP contribution in [-0.4, -0.2) is 13.2 Å². The molecule has 1 rings (SSSR count). The van der Waals surface area contributed by atoms with Crippen molar-refractivity contribution in [2.24, 2.45) is 0 Å². The number of benzene rings is 1. The van der Waals surface area contributed by atoms with Crippen LogP contribution < -0.4 is 10.1 Å². The third kappa shape index (κ3) is 4.14. The summed E-state index contributed by atoms with van der Waals surface area (Å²) >= 11 is 3.48. The molecule has 1 atom stereocenters. The molecule has 1 N–H and O–H groups in total. The molecule has 0 amide bonds. The van der Waals surface area contributed by atoms with Crippen LogP contribution in [0.2, 0.25) is 0 Å². The maximum atomic E-state index is 5.33. The van der Waals surface area contributed by atoms with Crippen molar-refractivity contribution in [3.05, 3.63) is 28.2 Å². The predicted molar refractivity (Wildman–Crippen MR) is 71.9 cm³/mol. The van der Waals surface area contributed by atoms with Crippen LogP contribution in [0, 0.1) is 0 Å². The van der Waals surface area contributed by atoms with Crippen LogP contribution >= 0.6 is 15.9 Å². The fourth-order valence-electron chi connectivity index (χ4n) is 1.70. The lowest BCUT2D eigenvalue weighted by Crippen LogP contribution is -2.25. The van der Waals surface area contributed by atoms with E-state index in [0.717, 1.165) is 16.8 Å². The van der Waals surface area contributed by atoms with Gasteiger partial charge in [0, 0.05) is 22.6 Å². The Balaban J connectivity index is 2.61. The lowest BCUT2D eigenvalue weighted by molar-refractivity contribution is 0.404. The van der Waals surface area contributed by atoms with Crippen LogP contribution in [0.1, 0.15) is 32.3 Å². The average Bonchev–Trinajstić information content (AvgIpc) is 2.27. The van der Waals surface area contributed by atoms with Crippen molar-refractivity contribution in [1.82, 2.24) is 5.32 Å². The maximum Gasteiger partial charge on any atom is 0.123 e. The largest absolute Gasteiger partial charge is 0.496 e. The van der Waals surface area contributed by atoms with E-state index in [2.05, 4.69) is 41.2 Å². The van der Waals surface area contributed by atoms with Crippen molar-refractivity contribution in [3.8, 4) is 5.75 Å². The van der Waals surface area contributed by atoms with Gasteiger partial charge in [-0.1, -0.05) is 29.3 Å². The SMILES string of the molecule is CCCC(C)NCc1cc(Br)ccc1OC. The van der Waals surface area contributed by atoms with Crippen molar-refractivity contribution in [1.29, 1.82) is 0 Å². The van der Waals surface area contributed by atoms with Crippen LogP contribution in [-0.2, 0) is 6.54 Å². The van der Waals surface area contributed by atoms with E-state index in [1.54, 1.807) is 7.11 Å². The number of methoxy groups -OCH3 is 1. The molecule has 16 heavy (non-hydrogen) atoms. The zero-order valence-electron chi connectivity index (χ0n) is 10.2. The van der Waals surface area contributed by atoms with Gasteiger partial charge in [0.1, 0.15) is 5.75 Å². The summed E-state index contributed by atoms with van der Waals surface area (Å²) in [7, 11) is 1.71. The molecule has 1 aromatic carbocycles. The van der Waals surface area contributed by atoms with Crippen LogP contribution in [0.15, 0.2) is 22.7 Å². The molecule has 0 aliphatic heterocycles. The molecular weight excluding hydrogens is 266 g/mol. The summed E-state index contributed by atoms with van der Waals surface area (Å²) in [5.74, 6) is 0.944. The van der Waals surface area contributed by atoms with Crippen molar-refractivity contribution >= 4 is 15.9 Å². The highest BCUT2D eigenvalue weighted by Gasteiger charge is 2.05. The second-order valence-corrected chi connectivity index (χ2v) is 4.94. The minimum atomic E-state index is 0.550. The summed E-state index contributed by atoms with van der Waals surface area (Å²) in [4.78, 5) is 0. The average molecular weight is 286 g/mol. The third-order valence-electron chi connectivity index (χ3n) is 2.61. The summed E-state index contributed by atoms with van der Waals surface area (Å²) in [5, 5.41) is 3.50. The predicted octanol–water partition coefficient (Wildman–Crippen LogP) is 3.74. The molecule has 1 unspecified atom stereocenters. The van der Waals surface area contributed by atoms with Gasteiger partial charge in [-0.15, -0.1) is 0 Å². The van der Waals surface area contributed by atoms with Gasteiger partial charge in [-0.3, -0.25) is 0 Å². The Morgan fingerprint density at radius 3 is 2.81 bits per heavy atom. The molecule has 0 saturated heterocycles. The zero-order valence-corrected chi connectivity index (χ0v) is 11.8. The molecule has 0 aromatic heterocycles. The highest BCUT2D eigenvalue weighted by molar-refractivity contribution is 9.10. The van der Waals surface area contributed by atoms with Crippen LogP contribution in [0.4, 0.5) is 0 Å². The quantitative estimate of drug-likeness (QED) is 0.860. The monoisotopic (exact) mass is 285 g/mol. The second-order valence-electron chi connectivity index (χ2n) is 4.03. The first-order valence-corrected chi connectivity index (χ1v) is 6.52. The van der Waals surface area contributed by atoms with E-state index < -0.39 is 0 Å². The lowest BCUT2D eigenvalue weighted by Gasteiger charge is -2.14. The Labute approximate surface area is 107 Å². The van der Waals surface area contributed by atoms with Crippen molar-refractivity contribution < 1.29 is 4.74 Å². The molecule has 0 bridgehead atoms. The van der Waals surface area contributed by atoms with Gasteiger partial charge < -0.3 is 10.1 Å². The summed E-state index contributed by atoms with van der Waals surface area (Å²) in [6.07, 6.45) is 2.42. The smallest absolute Gasteiger partial charge is 0.123 e. The molecule has 0 radical (unpaired) electrons. The van der Waals surface area contributed by atoms with E-state index in [9.17, 15) is 0 Å². The normalized spacial score (nSPS) is 12.5. The number of rotatable bonds is 6. The standard InChI is InChI=1S/C13H20BrNO/c1-4-5-10(2)15-9-11-8-12(14)6-7-13(11)16-3/h6-8,10,15H,4-5,9H2,1-3H3. The first kappa shape index (κ1) is 13.5. The lowest BCUT2D eigenvalue weighted by atomic mass is 10.1. The van der Waals surface area contributed by atoms with Crippen molar-refractivity contribution in [2.45, 2.75) is 39.3 Å². The van der Waals surface area contributed by atoms with Gasteiger partial charge >= 0.3 is 0 Å². The highest BCUT2D eigenvalue weighted by Crippen LogP contribution is 2.22.